The van der Waals surface area contributed by atoms with Gasteiger partial charge in [0, 0.05) is 11.7 Å². The zero-order chi connectivity index (χ0) is 12.4. The molecule has 3 nitrogen and oxygen atoms in total. The first kappa shape index (κ1) is 11.7. The molecule has 1 aromatic carbocycles. The SMILES string of the molecule is O=C(Nc1ccccc1)C1CC2CCCCC2N1. The summed E-state index contributed by atoms with van der Waals surface area (Å²) < 4.78 is 0. The minimum Gasteiger partial charge on any atom is -0.325 e. The van der Waals surface area contributed by atoms with E-state index in [0.717, 1.165) is 12.1 Å². The summed E-state index contributed by atoms with van der Waals surface area (Å²) in [5, 5.41) is 6.49. The molecule has 1 aliphatic heterocycles. The molecular formula is C15H20N2O. The molecule has 2 fully saturated rings. The van der Waals surface area contributed by atoms with Crippen molar-refractivity contribution in [1.29, 1.82) is 0 Å². The van der Waals surface area contributed by atoms with Crippen molar-refractivity contribution in [3.8, 4) is 0 Å². The molecule has 0 bridgehead atoms. The highest BCUT2D eigenvalue weighted by Crippen LogP contribution is 2.33. The van der Waals surface area contributed by atoms with Crippen LogP contribution in [0.25, 0.3) is 0 Å². The van der Waals surface area contributed by atoms with Crippen molar-refractivity contribution in [2.75, 3.05) is 5.32 Å². The van der Waals surface area contributed by atoms with Crippen LogP contribution in [0, 0.1) is 5.92 Å². The fraction of sp³-hybridized carbons (Fsp3) is 0.533. The molecule has 2 N–H and O–H groups in total. The number of para-hydroxylation sites is 1. The van der Waals surface area contributed by atoms with Crippen molar-refractivity contribution in [2.45, 2.75) is 44.2 Å². The average Bonchev–Trinajstić information content (AvgIpc) is 2.84. The molecule has 3 rings (SSSR count). The van der Waals surface area contributed by atoms with Gasteiger partial charge in [0.25, 0.3) is 0 Å². The Morgan fingerprint density at radius 3 is 2.72 bits per heavy atom. The van der Waals surface area contributed by atoms with Gasteiger partial charge in [0.05, 0.1) is 6.04 Å². The molecule has 0 aromatic heterocycles. The summed E-state index contributed by atoms with van der Waals surface area (Å²) >= 11 is 0. The maximum atomic E-state index is 12.2. The molecule has 0 radical (unpaired) electrons. The van der Waals surface area contributed by atoms with Crippen LogP contribution in [0.5, 0.6) is 0 Å². The van der Waals surface area contributed by atoms with E-state index < -0.39 is 0 Å². The highest BCUT2D eigenvalue weighted by Gasteiger charge is 2.38. The van der Waals surface area contributed by atoms with E-state index in [-0.39, 0.29) is 11.9 Å². The number of fused-ring (bicyclic) bond motifs is 1. The molecule has 3 unspecified atom stereocenters. The van der Waals surface area contributed by atoms with Gasteiger partial charge < -0.3 is 10.6 Å². The number of hydrogen-bond acceptors (Lipinski definition) is 2. The summed E-state index contributed by atoms with van der Waals surface area (Å²) in [6, 6.07) is 10.3. The van der Waals surface area contributed by atoms with E-state index in [1.54, 1.807) is 0 Å². The van der Waals surface area contributed by atoms with Crippen molar-refractivity contribution >= 4 is 11.6 Å². The molecular weight excluding hydrogens is 224 g/mol. The Labute approximate surface area is 108 Å². The third-order valence-electron chi connectivity index (χ3n) is 4.22. The Hall–Kier alpha value is -1.35. The summed E-state index contributed by atoms with van der Waals surface area (Å²) in [6.45, 7) is 0. The molecule has 3 atom stereocenters. The Kier molecular flexibility index (Phi) is 3.33. The second-order valence-corrected chi connectivity index (χ2v) is 5.46. The molecule has 3 heteroatoms. The Balaban J connectivity index is 1.60. The van der Waals surface area contributed by atoms with Crippen LogP contribution in [0.2, 0.25) is 0 Å². The van der Waals surface area contributed by atoms with E-state index in [2.05, 4.69) is 10.6 Å². The molecule has 2 aliphatic rings. The predicted molar refractivity (Wildman–Crippen MR) is 72.4 cm³/mol. The van der Waals surface area contributed by atoms with E-state index in [1.807, 2.05) is 30.3 Å². The van der Waals surface area contributed by atoms with Gasteiger partial charge in [-0.25, -0.2) is 0 Å². The van der Waals surface area contributed by atoms with E-state index in [4.69, 9.17) is 0 Å². The summed E-state index contributed by atoms with van der Waals surface area (Å²) in [5.41, 5.74) is 0.888. The first-order valence-electron chi connectivity index (χ1n) is 6.95. The number of benzene rings is 1. The number of amides is 1. The quantitative estimate of drug-likeness (QED) is 0.839. The zero-order valence-electron chi connectivity index (χ0n) is 10.6. The van der Waals surface area contributed by atoms with Gasteiger partial charge in [-0.2, -0.15) is 0 Å². The van der Waals surface area contributed by atoms with E-state index in [1.165, 1.54) is 25.7 Å². The van der Waals surface area contributed by atoms with Gasteiger partial charge in [-0.05, 0) is 37.3 Å². The van der Waals surface area contributed by atoms with Crippen LogP contribution < -0.4 is 10.6 Å². The molecule has 1 amide bonds. The van der Waals surface area contributed by atoms with Gasteiger partial charge in [-0.1, -0.05) is 31.0 Å². The topological polar surface area (TPSA) is 41.1 Å². The number of rotatable bonds is 2. The normalized spacial score (nSPS) is 30.8. The Morgan fingerprint density at radius 2 is 1.94 bits per heavy atom. The second kappa shape index (κ2) is 5.11. The van der Waals surface area contributed by atoms with Gasteiger partial charge in [-0.3, -0.25) is 4.79 Å². The molecule has 1 heterocycles. The lowest BCUT2D eigenvalue weighted by Crippen LogP contribution is -2.39. The number of nitrogens with one attached hydrogen (secondary N) is 2. The van der Waals surface area contributed by atoms with Crippen LogP contribution in [0.15, 0.2) is 30.3 Å². The van der Waals surface area contributed by atoms with Gasteiger partial charge >= 0.3 is 0 Å². The monoisotopic (exact) mass is 244 g/mol. The number of hydrogen-bond donors (Lipinski definition) is 2. The Bertz CT molecular complexity index is 404. The maximum Gasteiger partial charge on any atom is 0.241 e. The van der Waals surface area contributed by atoms with E-state index in [9.17, 15) is 4.79 Å². The minimum atomic E-state index is -0.00157. The van der Waals surface area contributed by atoms with Crippen molar-refractivity contribution in [2.24, 2.45) is 5.92 Å². The van der Waals surface area contributed by atoms with Crippen molar-refractivity contribution < 1.29 is 4.79 Å². The predicted octanol–water partition coefficient (Wildman–Crippen LogP) is 2.55. The summed E-state index contributed by atoms with van der Waals surface area (Å²) in [5.74, 6) is 0.834. The first-order valence-corrected chi connectivity index (χ1v) is 6.95. The maximum absolute atomic E-state index is 12.2. The number of anilines is 1. The third kappa shape index (κ3) is 2.41. The largest absolute Gasteiger partial charge is 0.325 e. The van der Waals surface area contributed by atoms with Crippen LogP contribution >= 0.6 is 0 Å². The highest BCUT2D eigenvalue weighted by molar-refractivity contribution is 5.95. The first-order chi connectivity index (χ1) is 8.83. The lowest BCUT2D eigenvalue weighted by Gasteiger charge is -2.24. The van der Waals surface area contributed by atoms with Gasteiger partial charge in [-0.15, -0.1) is 0 Å². The van der Waals surface area contributed by atoms with Crippen LogP contribution in [-0.4, -0.2) is 18.0 Å². The van der Waals surface area contributed by atoms with Crippen LogP contribution in [-0.2, 0) is 4.79 Å². The summed E-state index contributed by atoms with van der Waals surface area (Å²) in [7, 11) is 0. The Morgan fingerprint density at radius 1 is 1.17 bits per heavy atom. The smallest absolute Gasteiger partial charge is 0.241 e. The van der Waals surface area contributed by atoms with Crippen LogP contribution in [0.3, 0.4) is 0 Å². The van der Waals surface area contributed by atoms with Gasteiger partial charge in [0.2, 0.25) is 5.91 Å². The fourth-order valence-corrected chi connectivity index (χ4v) is 3.27. The molecule has 1 aromatic rings. The summed E-state index contributed by atoms with van der Waals surface area (Å²) in [6.07, 6.45) is 6.16. The second-order valence-electron chi connectivity index (χ2n) is 5.46. The molecule has 1 saturated carbocycles. The van der Waals surface area contributed by atoms with E-state index in [0.29, 0.717) is 12.0 Å². The standard InChI is InChI=1S/C15H20N2O/c18-15(16-12-7-2-1-3-8-12)14-10-11-6-4-5-9-13(11)17-14/h1-3,7-8,11,13-14,17H,4-6,9-10H2,(H,16,18). The lowest BCUT2D eigenvalue weighted by molar-refractivity contribution is -0.117. The number of carbonyl (C=O) groups is 1. The molecule has 1 aliphatic carbocycles. The van der Waals surface area contributed by atoms with Crippen molar-refractivity contribution in [3.05, 3.63) is 30.3 Å². The molecule has 0 spiro atoms. The molecule has 18 heavy (non-hydrogen) atoms. The van der Waals surface area contributed by atoms with Crippen LogP contribution in [0.4, 0.5) is 5.69 Å². The fourth-order valence-electron chi connectivity index (χ4n) is 3.27. The highest BCUT2D eigenvalue weighted by atomic mass is 16.2. The van der Waals surface area contributed by atoms with Crippen LogP contribution in [0.1, 0.15) is 32.1 Å². The van der Waals surface area contributed by atoms with Gasteiger partial charge in [0.1, 0.15) is 0 Å². The minimum absolute atomic E-state index is 0.00157. The van der Waals surface area contributed by atoms with Crippen molar-refractivity contribution in [3.63, 3.8) is 0 Å². The third-order valence-corrected chi connectivity index (χ3v) is 4.22. The molecule has 96 valence electrons. The lowest BCUT2D eigenvalue weighted by atomic mass is 9.85. The zero-order valence-corrected chi connectivity index (χ0v) is 10.6. The van der Waals surface area contributed by atoms with E-state index >= 15 is 0 Å². The van der Waals surface area contributed by atoms with Gasteiger partial charge in [0.15, 0.2) is 0 Å². The average molecular weight is 244 g/mol. The summed E-state index contributed by atoms with van der Waals surface area (Å²) in [4.78, 5) is 12.2. The molecule has 1 saturated heterocycles. The number of carbonyl (C=O) groups excluding carboxylic acids is 1. The van der Waals surface area contributed by atoms with Crippen molar-refractivity contribution in [1.82, 2.24) is 5.32 Å².